The van der Waals surface area contributed by atoms with Crippen molar-refractivity contribution in [1.29, 1.82) is 0 Å². The molecule has 2 amide bonds. The molecule has 1 aromatic carbocycles. The van der Waals surface area contributed by atoms with Gasteiger partial charge in [0.05, 0.1) is 12.0 Å². The summed E-state index contributed by atoms with van der Waals surface area (Å²) in [7, 11) is 1.31. The zero-order chi connectivity index (χ0) is 17.0. The number of nitrogens with zero attached hydrogens (tertiary/aromatic N) is 1. The van der Waals surface area contributed by atoms with Crippen LogP contribution in [-0.2, 0) is 4.79 Å². The molecule has 0 atom stereocenters. The second-order valence-corrected chi connectivity index (χ2v) is 5.40. The number of hydrogen-bond donors (Lipinski definition) is 1. The van der Waals surface area contributed by atoms with Crippen LogP contribution in [0.25, 0.3) is 6.08 Å². The van der Waals surface area contributed by atoms with Gasteiger partial charge < -0.3 is 15.2 Å². The Hall–Kier alpha value is -1.84. The molecule has 1 heterocycles. The molecule has 0 unspecified atom stereocenters. The van der Waals surface area contributed by atoms with Gasteiger partial charge in [-0.15, -0.1) is 12.4 Å². The molecule has 1 aromatic rings. The average Bonchev–Trinajstić information content (AvgIpc) is 2.76. The van der Waals surface area contributed by atoms with Gasteiger partial charge in [0.15, 0.2) is 11.5 Å². The smallest absolute Gasteiger partial charge is 0.387 e. The van der Waals surface area contributed by atoms with Gasteiger partial charge >= 0.3 is 6.61 Å². The van der Waals surface area contributed by atoms with Gasteiger partial charge in [-0.2, -0.15) is 8.78 Å². The minimum atomic E-state index is -2.97. The SMILES string of the molecule is COc1cc(/C=C2/SC(=O)N(CCN)C2=O)ccc1OC(F)F.Cl. The zero-order valence-electron chi connectivity index (χ0n) is 12.5. The summed E-state index contributed by atoms with van der Waals surface area (Å²) in [6.07, 6.45) is 1.48. The van der Waals surface area contributed by atoms with Crippen LogP contribution in [0.4, 0.5) is 13.6 Å². The number of methoxy groups -OCH3 is 1. The Morgan fingerprint density at radius 1 is 1.33 bits per heavy atom. The lowest BCUT2D eigenvalue weighted by molar-refractivity contribution is -0.122. The lowest BCUT2D eigenvalue weighted by Gasteiger charge is -2.10. The molecule has 10 heteroatoms. The van der Waals surface area contributed by atoms with E-state index in [1.54, 1.807) is 0 Å². The van der Waals surface area contributed by atoms with Gasteiger partial charge in [-0.1, -0.05) is 6.07 Å². The highest BCUT2D eigenvalue weighted by Crippen LogP contribution is 2.34. The fourth-order valence-electron chi connectivity index (χ4n) is 1.94. The summed E-state index contributed by atoms with van der Waals surface area (Å²) in [5.41, 5.74) is 5.87. The Labute approximate surface area is 147 Å². The monoisotopic (exact) mass is 380 g/mol. The predicted molar refractivity (Wildman–Crippen MR) is 88.6 cm³/mol. The Balaban J connectivity index is 0.00000288. The normalized spacial score (nSPS) is 15.9. The van der Waals surface area contributed by atoms with E-state index >= 15 is 0 Å². The number of carbonyl (C=O) groups excluding carboxylic acids is 2. The molecule has 1 fully saturated rings. The highest BCUT2D eigenvalue weighted by atomic mass is 35.5. The number of amides is 2. The summed E-state index contributed by atoms with van der Waals surface area (Å²) in [5, 5.41) is -0.392. The number of carbonyl (C=O) groups is 2. The maximum atomic E-state index is 12.3. The molecule has 1 aliphatic rings. The lowest BCUT2D eigenvalue weighted by atomic mass is 10.2. The number of nitrogens with two attached hydrogens (primary N) is 1. The molecule has 0 bridgehead atoms. The van der Waals surface area contributed by atoms with Crippen molar-refractivity contribution < 1.29 is 27.8 Å². The molecular weight excluding hydrogens is 366 g/mol. The van der Waals surface area contributed by atoms with Crippen LogP contribution in [0.5, 0.6) is 11.5 Å². The van der Waals surface area contributed by atoms with Gasteiger partial charge in [-0.05, 0) is 35.5 Å². The molecule has 0 saturated carbocycles. The van der Waals surface area contributed by atoms with Gasteiger partial charge in [0, 0.05) is 13.1 Å². The van der Waals surface area contributed by atoms with E-state index in [1.165, 1.54) is 31.4 Å². The fraction of sp³-hybridized carbons (Fsp3) is 0.286. The van der Waals surface area contributed by atoms with E-state index in [9.17, 15) is 18.4 Å². The molecule has 0 radical (unpaired) electrons. The summed E-state index contributed by atoms with van der Waals surface area (Å²) in [6.45, 7) is -2.65. The third-order valence-corrected chi connectivity index (χ3v) is 3.84. The maximum absolute atomic E-state index is 12.3. The summed E-state index contributed by atoms with van der Waals surface area (Å²) in [5.74, 6) is -0.451. The number of halogens is 3. The van der Waals surface area contributed by atoms with Crippen molar-refractivity contribution in [1.82, 2.24) is 4.90 Å². The van der Waals surface area contributed by atoms with Crippen molar-refractivity contribution in [2.24, 2.45) is 5.73 Å². The van der Waals surface area contributed by atoms with E-state index in [-0.39, 0.29) is 41.9 Å². The first-order valence-electron chi connectivity index (χ1n) is 6.54. The molecule has 2 rings (SSSR count). The standard InChI is InChI=1S/C14H14F2N2O4S.ClH/c1-21-10-6-8(2-3-9(10)22-13(15)16)7-11-12(19)18(5-4-17)14(20)23-11;/h2-3,6-7,13H,4-5,17H2,1H3;1H/b11-7+;. The number of alkyl halides is 2. The Kier molecular flexibility index (Phi) is 7.46. The van der Waals surface area contributed by atoms with Gasteiger partial charge in [0.1, 0.15) is 0 Å². The van der Waals surface area contributed by atoms with Crippen molar-refractivity contribution in [2.75, 3.05) is 20.2 Å². The average molecular weight is 381 g/mol. The highest BCUT2D eigenvalue weighted by Gasteiger charge is 2.34. The van der Waals surface area contributed by atoms with E-state index in [4.69, 9.17) is 10.5 Å². The van der Waals surface area contributed by atoms with E-state index in [2.05, 4.69) is 4.74 Å². The van der Waals surface area contributed by atoms with Gasteiger partial charge in [-0.3, -0.25) is 14.5 Å². The number of thioether (sulfide) groups is 1. The quantitative estimate of drug-likeness (QED) is 0.764. The van der Waals surface area contributed by atoms with E-state index in [1.807, 2.05) is 0 Å². The maximum Gasteiger partial charge on any atom is 0.387 e. The number of ether oxygens (including phenoxy) is 2. The molecule has 6 nitrogen and oxygen atoms in total. The first-order chi connectivity index (χ1) is 11.0. The Bertz CT molecular complexity index is 658. The number of benzene rings is 1. The second kappa shape index (κ2) is 8.86. The number of rotatable bonds is 6. The molecule has 2 N–H and O–H groups in total. The van der Waals surface area contributed by atoms with E-state index < -0.39 is 17.8 Å². The van der Waals surface area contributed by atoms with Crippen LogP contribution in [0.15, 0.2) is 23.1 Å². The van der Waals surface area contributed by atoms with Crippen molar-refractivity contribution in [2.45, 2.75) is 6.61 Å². The van der Waals surface area contributed by atoms with Crippen LogP contribution in [0, 0.1) is 0 Å². The number of hydrogen-bond acceptors (Lipinski definition) is 6. The summed E-state index contributed by atoms with van der Waals surface area (Å²) in [4.78, 5) is 25.1. The van der Waals surface area contributed by atoms with E-state index in [0.717, 1.165) is 16.7 Å². The van der Waals surface area contributed by atoms with Crippen LogP contribution in [0.3, 0.4) is 0 Å². The van der Waals surface area contributed by atoms with Crippen LogP contribution in [0.1, 0.15) is 5.56 Å². The van der Waals surface area contributed by atoms with Crippen LogP contribution < -0.4 is 15.2 Å². The van der Waals surface area contributed by atoms with Gasteiger partial charge in [0.2, 0.25) is 0 Å². The molecule has 1 aliphatic heterocycles. The molecule has 0 aliphatic carbocycles. The molecule has 1 saturated heterocycles. The molecule has 24 heavy (non-hydrogen) atoms. The summed E-state index contributed by atoms with van der Waals surface area (Å²) < 4.78 is 33.9. The van der Waals surface area contributed by atoms with Crippen LogP contribution in [0.2, 0.25) is 0 Å². The van der Waals surface area contributed by atoms with Crippen LogP contribution >= 0.6 is 24.2 Å². The highest BCUT2D eigenvalue weighted by molar-refractivity contribution is 8.18. The summed E-state index contributed by atoms with van der Waals surface area (Å²) in [6, 6.07) is 4.23. The van der Waals surface area contributed by atoms with Crippen molar-refractivity contribution in [3.05, 3.63) is 28.7 Å². The molecule has 132 valence electrons. The zero-order valence-corrected chi connectivity index (χ0v) is 14.2. The van der Waals surface area contributed by atoms with Crippen LogP contribution in [-0.4, -0.2) is 42.9 Å². The second-order valence-electron chi connectivity index (χ2n) is 4.41. The lowest BCUT2D eigenvalue weighted by Crippen LogP contribution is -2.33. The van der Waals surface area contributed by atoms with Crippen molar-refractivity contribution in [3.63, 3.8) is 0 Å². The van der Waals surface area contributed by atoms with Gasteiger partial charge in [0.25, 0.3) is 11.1 Å². The molecular formula is C14H15ClF2N2O4S. The Morgan fingerprint density at radius 2 is 2.04 bits per heavy atom. The first-order valence-corrected chi connectivity index (χ1v) is 7.36. The van der Waals surface area contributed by atoms with Crippen molar-refractivity contribution >= 4 is 41.4 Å². The Morgan fingerprint density at radius 3 is 2.62 bits per heavy atom. The molecule has 0 spiro atoms. The largest absolute Gasteiger partial charge is 0.493 e. The van der Waals surface area contributed by atoms with Gasteiger partial charge in [-0.25, -0.2) is 0 Å². The third kappa shape index (κ3) is 4.59. The van der Waals surface area contributed by atoms with Crippen molar-refractivity contribution in [3.8, 4) is 11.5 Å². The topological polar surface area (TPSA) is 81.9 Å². The summed E-state index contributed by atoms with van der Waals surface area (Å²) >= 11 is 0.796. The third-order valence-electron chi connectivity index (χ3n) is 2.93. The first kappa shape index (κ1) is 20.2. The minimum absolute atomic E-state index is 0. The molecule has 0 aromatic heterocycles. The fourth-order valence-corrected chi connectivity index (χ4v) is 2.81. The predicted octanol–water partition coefficient (Wildman–Crippen LogP) is 2.71. The number of imide groups is 1. The minimum Gasteiger partial charge on any atom is -0.493 e. The van der Waals surface area contributed by atoms with E-state index in [0.29, 0.717) is 5.56 Å².